The molecule has 0 aliphatic heterocycles. The normalized spacial score (nSPS) is 10.6. The van der Waals surface area contributed by atoms with Gasteiger partial charge in [0.1, 0.15) is 12.4 Å². The summed E-state index contributed by atoms with van der Waals surface area (Å²) in [7, 11) is 3.69. The molecule has 4 heteroatoms. The molecule has 0 aliphatic rings. The molecule has 0 saturated carbocycles. The van der Waals surface area contributed by atoms with Crippen molar-refractivity contribution in [1.82, 2.24) is 4.90 Å². The van der Waals surface area contributed by atoms with Gasteiger partial charge in [-0.25, -0.2) is 0 Å². The number of ether oxygens (including phenoxy) is 2. The molecule has 0 unspecified atom stereocenters. The molecule has 2 N–H and O–H groups in total. The number of rotatable bonds is 8. The number of hydrogen-bond donors (Lipinski definition) is 1. The number of anilines is 1. The predicted molar refractivity (Wildman–Crippen MR) is 74.8 cm³/mol. The summed E-state index contributed by atoms with van der Waals surface area (Å²) in [5.41, 5.74) is 7.64. The zero-order valence-corrected chi connectivity index (χ0v) is 11.2. The second-order valence-corrected chi connectivity index (χ2v) is 4.19. The number of likely N-dealkylation sites (N-methyl/N-ethyl adjacent to an activating group) is 1. The maximum Gasteiger partial charge on any atom is 0.124 e. The lowest BCUT2D eigenvalue weighted by atomic mass is 10.1. The Kier molecular flexibility index (Phi) is 6.25. The van der Waals surface area contributed by atoms with Gasteiger partial charge in [-0.2, -0.15) is 0 Å². The van der Waals surface area contributed by atoms with E-state index in [1.807, 2.05) is 31.3 Å². The molecule has 1 aromatic rings. The zero-order valence-electron chi connectivity index (χ0n) is 11.2. The molecule has 0 spiro atoms. The maximum atomic E-state index is 5.81. The highest BCUT2D eigenvalue weighted by atomic mass is 16.5. The predicted octanol–water partition coefficient (Wildman–Crippen LogP) is 1.91. The van der Waals surface area contributed by atoms with Crippen LogP contribution in [0.5, 0.6) is 5.75 Å². The lowest BCUT2D eigenvalue weighted by Crippen LogP contribution is -2.18. The van der Waals surface area contributed by atoms with E-state index in [1.165, 1.54) is 0 Å². The highest BCUT2D eigenvalue weighted by molar-refractivity contribution is 5.47. The molecule has 1 rings (SSSR count). The van der Waals surface area contributed by atoms with E-state index in [-0.39, 0.29) is 0 Å². The Morgan fingerprint density at radius 2 is 2.17 bits per heavy atom. The minimum Gasteiger partial charge on any atom is -0.491 e. The van der Waals surface area contributed by atoms with Crippen molar-refractivity contribution in [3.05, 3.63) is 36.4 Å². The summed E-state index contributed by atoms with van der Waals surface area (Å²) in [4.78, 5) is 2.14. The fourth-order valence-corrected chi connectivity index (χ4v) is 1.67. The number of methoxy groups -OCH3 is 1. The zero-order chi connectivity index (χ0) is 13.4. The minimum atomic E-state index is 0.540. The molecular formula is C14H22N2O2. The van der Waals surface area contributed by atoms with Crippen LogP contribution < -0.4 is 10.5 Å². The van der Waals surface area contributed by atoms with Gasteiger partial charge in [-0.3, -0.25) is 4.90 Å². The van der Waals surface area contributed by atoms with Crippen molar-refractivity contribution in [2.75, 3.05) is 39.6 Å². The standard InChI is InChI=1S/C14H22N2O2/c1-4-7-16(2)11-12-10-13(15)5-6-14(12)18-9-8-17-3/h4-6,10H,1,7-9,11,15H2,2-3H3. The van der Waals surface area contributed by atoms with Crippen LogP contribution in [0.15, 0.2) is 30.9 Å². The lowest BCUT2D eigenvalue weighted by molar-refractivity contribution is 0.145. The second-order valence-electron chi connectivity index (χ2n) is 4.19. The van der Waals surface area contributed by atoms with Crippen molar-refractivity contribution in [1.29, 1.82) is 0 Å². The Labute approximate surface area is 109 Å². The molecule has 0 radical (unpaired) electrons. The van der Waals surface area contributed by atoms with Crippen LogP contribution in [0, 0.1) is 0 Å². The number of hydrogen-bond acceptors (Lipinski definition) is 4. The van der Waals surface area contributed by atoms with Gasteiger partial charge in [0, 0.05) is 31.5 Å². The monoisotopic (exact) mass is 250 g/mol. The number of nitrogen functional groups attached to an aromatic ring is 1. The van der Waals surface area contributed by atoms with Crippen LogP contribution in [-0.2, 0) is 11.3 Å². The van der Waals surface area contributed by atoms with Crippen molar-refractivity contribution >= 4 is 5.69 Å². The van der Waals surface area contributed by atoms with Gasteiger partial charge in [-0.15, -0.1) is 6.58 Å². The molecule has 0 aromatic heterocycles. The van der Waals surface area contributed by atoms with E-state index >= 15 is 0 Å². The molecule has 1 aromatic carbocycles. The number of nitrogens with zero attached hydrogens (tertiary/aromatic N) is 1. The Hall–Kier alpha value is -1.52. The largest absolute Gasteiger partial charge is 0.491 e. The van der Waals surface area contributed by atoms with Crippen molar-refractivity contribution < 1.29 is 9.47 Å². The van der Waals surface area contributed by atoms with Gasteiger partial charge < -0.3 is 15.2 Å². The SMILES string of the molecule is C=CCN(C)Cc1cc(N)ccc1OCCOC. The van der Waals surface area contributed by atoms with Gasteiger partial charge in [-0.05, 0) is 25.2 Å². The van der Waals surface area contributed by atoms with Crippen LogP contribution in [0.1, 0.15) is 5.56 Å². The highest BCUT2D eigenvalue weighted by Gasteiger charge is 2.07. The van der Waals surface area contributed by atoms with Gasteiger partial charge in [0.2, 0.25) is 0 Å². The quantitative estimate of drug-likeness (QED) is 0.435. The van der Waals surface area contributed by atoms with E-state index in [1.54, 1.807) is 7.11 Å². The molecule has 0 bridgehead atoms. The van der Waals surface area contributed by atoms with Crippen LogP contribution in [-0.4, -0.2) is 38.8 Å². The fourth-order valence-electron chi connectivity index (χ4n) is 1.67. The van der Waals surface area contributed by atoms with E-state index in [0.717, 1.165) is 30.1 Å². The molecule has 0 heterocycles. The third-order valence-corrected chi connectivity index (χ3v) is 2.51. The Bertz CT molecular complexity index is 380. The Balaban J connectivity index is 2.72. The number of benzene rings is 1. The summed E-state index contributed by atoms with van der Waals surface area (Å²) < 4.78 is 10.7. The topological polar surface area (TPSA) is 47.7 Å². The van der Waals surface area contributed by atoms with Gasteiger partial charge in [0.25, 0.3) is 0 Å². The summed E-state index contributed by atoms with van der Waals surface area (Å²) in [6.45, 7) is 6.45. The number of nitrogens with two attached hydrogens (primary N) is 1. The third-order valence-electron chi connectivity index (χ3n) is 2.51. The first-order chi connectivity index (χ1) is 8.67. The van der Waals surface area contributed by atoms with E-state index < -0.39 is 0 Å². The van der Waals surface area contributed by atoms with E-state index in [9.17, 15) is 0 Å². The lowest BCUT2D eigenvalue weighted by Gasteiger charge is -2.18. The molecule has 0 amide bonds. The van der Waals surface area contributed by atoms with Crippen molar-refractivity contribution in [2.45, 2.75) is 6.54 Å². The van der Waals surface area contributed by atoms with Gasteiger partial charge in [0.15, 0.2) is 0 Å². The third kappa shape index (κ3) is 4.77. The van der Waals surface area contributed by atoms with E-state index in [2.05, 4.69) is 11.5 Å². The van der Waals surface area contributed by atoms with Gasteiger partial charge >= 0.3 is 0 Å². The first kappa shape index (κ1) is 14.5. The summed E-state index contributed by atoms with van der Waals surface area (Å²) in [5.74, 6) is 0.858. The van der Waals surface area contributed by atoms with E-state index in [0.29, 0.717) is 13.2 Å². The summed E-state index contributed by atoms with van der Waals surface area (Å²) in [6.07, 6.45) is 1.87. The first-order valence-corrected chi connectivity index (χ1v) is 5.97. The summed E-state index contributed by atoms with van der Waals surface area (Å²) in [5, 5.41) is 0. The minimum absolute atomic E-state index is 0.540. The average molecular weight is 250 g/mol. The van der Waals surface area contributed by atoms with Crippen LogP contribution >= 0.6 is 0 Å². The molecular weight excluding hydrogens is 228 g/mol. The molecule has 18 heavy (non-hydrogen) atoms. The Morgan fingerprint density at radius 1 is 1.39 bits per heavy atom. The van der Waals surface area contributed by atoms with E-state index in [4.69, 9.17) is 15.2 Å². The molecule has 4 nitrogen and oxygen atoms in total. The first-order valence-electron chi connectivity index (χ1n) is 5.97. The smallest absolute Gasteiger partial charge is 0.124 e. The Morgan fingerprint density at radius 3 is 2.83 bits per heavy atom. The fraction of sp³-hybridized carbons (Fsp3) is 0.429. The molecule has 0 atom stereocenters. The van der Waals surface area contributed by atoms with Crippen LogP contribution in [0.2, 0.25) is 0 Å². The van der Waals surface area contributed by atoms with Crippen LogP contribution in [0.4, 0.5) is 5.69 Å². The van der Waals surface area contributed by atoms with Gasteiger partial charge in [-0.1, -0.05) is 6.08 Å². The van der Waals surface area contributed by atoms with Crippen LogP contribution in [0.25, 0.3) is 0 Å². The molecule has 0 saturated heterocycles. The maximum absolute atomic E-state index is 5.81. The second kappa shape index (κ2) is 7.74. The summed E-state index contributed by atoms with van der Waals surface area (Å²) >= 11 is 0. The van der Waals surface area contributed by atoms with Crippen molar-refractivity contribution in [2.24, 2.45) is 0 Å². The van der Waals surface area contributed by atoms with Crippen LogP contribution in [0.3, 0.4) is 0 Å². The molecule has 0 fully saturated rings. The average Bonchev–Trinajstić information content (AvgIpc) is 2.32. The highest BCUT2D eigenvalue weighted by Crippen LogP contribution is 2.22. The van der Waals surface area contributed by atoms with Gasteiger partial charge in [0.05, 0.1) is 6.61 Å². The van der Waals surface area contributed by atoms with Crippen molar-refractivity contribution in [3.63, 3.8) is 0 Å². The molecule has 100 valence electrons. The molecule has 0 aliphatic carbocycles. The summed E-state index contributed by atoms with van der Waals surface area (Å²) in [6, 6.07) is 5.70. The van der Waals surface area contributed by atoms with Crippen molar-refractivity contribution in [3.8, 4) is 5.75 Å².